The van der Waals surface area contributed by atoms with Gasteiger partial charge in [-0.15, -0.1) is 0 Å². The Kier molecular flexibility index (Phi) is 6.28. The van der Waals surface area contributed by atoms with E-state index in [0.29, 0.717) is 37.7 Å². The van der Waals surface area contributed by atoms with Crippen LogP contribution in [0.25, 0.3) is 0 Å². The maximum absolute atomic E-state index is 13.1. The smallest absolute Gasteiger partial charge is 0.231 e. The molecule has 0 bridgehead atoms. The van der Waals surface area contributed by atoms with Crippen molar-refractivity contribution >= 4 is 38.5 Å². The van der Waals surface area contributed by atoms with Gasteiger partial charge in [0.15, 0.2) is 5.17 Å². The summed E-state index contributed by atoms with van der Waals surface area (Å²) in [6.45, 7) is 7.28. The number of sulfonamides is 1. The molecular weight excluding hydrogens is 382 g/mol. The lowest BCUT2D eigenvalue weighted by molar-refractivity contribution is -0.132. The van der Waals surface area contributed by atoms with Gasteiger partial charge in [-0.1, -0.05) is 30.8 Å². The van der Waals surface area contributed by atoms with Crippen LogP contribution in [0.4, 0.5) is 5.69 Å². The third-order valence-electron chi connectivity index (χ3n) is 5.03. The fourth-order valence-corrected chi connectivity index (χ4v) is 5.64. The van der Waals surface area contributed by atoms with Crippen LogP contribution in [0.3, 0.4) is 0 Å². The first-order chi connectivity index (χ1) is 12.8. The number of carbonyl (C=O) groups is 1. The molecule has 2 fully saturated rings. The molecule has 2 saturated heterocycles. The number of nitrogens with zero attached hydrogens (tertiary/aromatic N) is 3. The van der Waals surface area contributed by atoms with E-state index in [2.05, 4.69) is 6.92 Å². The van der Waals surface area contributed by atoms with Crippen LogP contribution >= 0.6 is 11.8 Å². The van der Waals surface area contributed by atoms with Crippen molar-refractivity contribution in [3.05, 3.63) is 29.8 Å². The Bertz CT molecular complexity index is 830. The molecule has 8 heteroatoms. The van der Waals surface area contributed by atoms with Crippen molar-refractivity contribution in [2.24, 2.45) is 10.9 Å². The SMILES string of the molecule is CCS(=O)(=O)N1CCC(C(=O)N2CC(C)SC2=Nc2cccc(C)c2)CC1. The van der Waals surface area contributed by atoms with Crippen molar-refractivity contribution in [1.29, 1.82) is 0 Å². The summed E-state index contributed by atoms with van der Waals surface area (Å²) in [5.74, 6) is 0.0489. The van der Waals surface area contributed by atoms with Crippen LogP contribution in [0, 0.1) is 12.8 Å². The fourth-order valence-electron chi connectivity index (χ4n) is 3.48. The predicted octanol–water partition coefficient (Wildman–Crippen LogP) is 3.01. The van der Waals surface area contributed by atoms with Crippen LogP contribution in [0.1, 0.15) is 32.3 Å². The van der Waals surface area contributed by atoms with Gasteiger partial charge in [-0.2, -0.15) is 0 Å². The molecule has 1 amide bonds. The number of aliphatic imine (C=N–C) groups is 1. The first kappa shape index (κ1) is 20.4. The van der Waals surface area contributed by atoms with E-state index in [-0.39, 0.29) is 17.6 Å². The van der Waals surface area contributed by atoms with Gasteiger partial charge >= 0.3 is 0 Å². The molecule has 1 unspecified atom stereocenters. The summed E-state index contributed by atoms with van der Waals surface area (Å²) in [5.41, 5.74) is 1.99. The van der Waals surface area contributed by atoms with Crippen LogP contribution in [0.2, 0.25) is 0 Å². The Labute approximate surface area is 166 Å². The number of carbonyl (C=O) groups excluding carboxylic acids is 1. The van der Waals surface area contributed by atoms with Gasteiger partial charge in [-0.25, -0.2) is 17.7 Å². The summed E-state index contributed by atoms with van der Waals surface area (Å²) in [4.78, 5) is 19.6. The minimum absolute atomic E-state index is 0.0757. The topological polar surface area (TPSA) is 70.1 Å². The van der Waals surface area contributed by atoms with Gasteiger partial charge in [-0.3, -0.25) is 9.69 Å². The van der Waals surface area contributed by atoms with E-state index in [1.54, 1.807) is 23.6 Å². The molecule has 0 radical (unpaired) electrons. The molecule has 0 N–H and O–H groups in total. The summed E-state index contributed by atoms with van der Waals surface area (Å²) in [6, 6.07) is 7.94. The zero-order valence-corrected chi connectivity index (χ0v) is 17.7. The average molecular weight is 410 g/mol. The van der Waals surface area contributed by atoms with Crippen LogP contribution in [0.5, 0.6) is 0 Å². The number of benzene rings is 1. The number of hydrogen-bond acceptors (Lipinski definition) is 5. The number of amides is 1. The Hall–Kier alpha value is -1.38. The molecule has 1 aromatic carbocycles. The van der Waals surface area contributed by atoms with E-state index in [1.165, 1.54) is 4.31 Å². The molecule has 1 aromatic rings. The summed E-state index contributed by atoms with van der Waals surface area (Å²) in [6.07, 6.45) is 1.15. The van der Waals surface area contributed by atoms with Gasteiger partial charge in [0.1, 0.15) is 0 Å². The first-order valence-corrected chi connectivity index (χ1v) is 11.9. The van der Waals surface area contributed by atoms with Gasteiger partial charge < -0.3 is 0 Å². The fraction of sp³-hybridized carbons (Fsp3) is 0.579. The highest BCUT2D eigenvalue weighted by atomic mass is 32.2. The van der Waals surface area contributed by atoms with Crippen molar-refractivity contribution in [2.45, 2.75) is 38.9 Å². The van der Waals surface area contributed by atoms with Gasteiger partial charge in [0.25, 0.3) is 0 Å². The Balaban J connectivity index is 1.72. The maximum atomic E-state index is 13.1. The summed E-state index contributed by atoms with van der Waals surface area (Å²) < 4.78 is 25.6. The highest BCUT2D eigenvalue weighted by Crippen LogP contribution is 2.31. The lowest BCUT2D eigenvalue weighted by atomic mass is 9.96. The lowest BCUT2D eigenvalue weighted by Gasteiger charge is -2.32. The number of thioether (sulfide) groups is 1. The van der Waals surface area contributed by atoms with Crippen molar-refractivity contribution in [1.82, 2.24) is 9.21 Å². The van der Waals surface area contributed by atoms with Gasteiger partial charge in [-0.05, 0) is 44.4 Å². The van der Waals surface area contributed by atoms with Crippen molar-refractivity contribution < 1.29 is 13.2 Å². The maximum Gasteiger partial charge on any atom is 0.231 e. The van der Waals surface area contributed by atoms with E-state index in [0.717, 1.165) is 16.4 Å². The molecule has 27 heavy (non-hydrogen) atoms. The normalized spacial score (nSPS) is 23.9. The Morgan fingerprint density at radius 3 is 2.63 bits per heavy atom. The van der Waals surface area contributed by atoms with Crippen LogP contribution in [-0.4, -0.2) is 59.3 Å². The highest BCUT2D eigenvalue weighted by Gasteiger charge is 2.37. The number of piperidine rings is 1. The van der Waals surface area contributed by atoms with Gasteiger partial charge in [0.2, 0.25) is 15.9 Å². The largest absolute Gasteiger partial charge is 0.290 e. The molecule has 2 aliphatic rings. The number of amidine groups is 1. The monoisotopic (exact) mass is 409 g/mol. The number of aryl methyl sites for hydroxylation is 1. The quantitative estimate of drug-likeness (QED) is 0.766. The first-order valence-electron chi connectivity index (χ1n) is 9.41. The molecule has 0 spiro atoms. The molecule has 148 valence electrons. The third-order valence-corrected chi connectivity index (χ3v) is 7.99. The zero-order chi connectivity index (χ0) is 19.6. The predicted molar refractivity (Wildman–Crippen MR) is 111 cm³/mol. The Morgan fingerprint density at radius 2 is 2.00 bits per heavy atom. The standard InChI is InChI=1S/C19H27N3O3S2/c1-4-27(24,25)21-10-8-16(9-11-21)18(23)22-13-15(3)26-19(22)20-17-7-5-6-14(2)12-17/h5-7,12,15-16H,4,8-11,13H2,1-3H3. The van der Waals surface area contributed by atoms with E-state index >= 15 is 0 Å². The number of hydrogen-bond donors (Lipinski definition) is 0. The average Bonchev–Trinajstić information content (AvgIpc) is 3.01. The van der Waals surface area contributed by atoms with Crippen molar-refractivity contribution in [3.63, 3.8) is 0 Å². The third kappa shape index (κ3) is 4.73. The second-order valence-corrected chi connectivity index (χ2v) is 10.8. The van der Waals surface area contributed by atoms with Crippen LogP contribution < -0.4 is 0 Å². The van der Waals surface area contributed by atoms with E-state index in [1.807, 2.05) is 31.2 Å². The molecule has 0 saturated carbocycles. The zero-order valence-electron chi connectivity index (χ0n) is 16.1. The minimum atomic E-state index is -3.17. The molecule has 2 heterocycles. The van der Waals surface area contributed by atoms with Gasteiger partial charge in [0.05, 0.1) is 11.4 Å². The number of rotatable bonds is 4. The molecule has 0 aromatic heterocycles. The van der Waals surface area contributed by atoms with E-state index < -0.39 is 10.0 Å². The minimum Gasteiger partial charge on any atom is -0.290 e. The van der Waals surface area contributed by atoms with E-state index in [4.69, 9.17) is 4.99 Å². The molecule has 6 nitrogen and oxygen atoms in total. The van der Waals surface area contributed by atoms with Crippen LogP contribution in [0.15, 0.2) is 29.3 Å². The highest BCUT2D eigenvalue weighted by molar-refractivity contribution is 8.14. The van der Waals surface area contributed by atoms with Crippen LogP contribution in [-0.2, 0) is 14.8 Å². The Morgan fingerprint density at radius 1 is 1.30 bits per heavy atom. The molecule has 0 aliphatic carbocycles. The van der Waals surface area contributed by atoms with Gasteiger partial charge in [0, 0.05) is 30.8 Å². The van der Waals surface area contributed by atoms with Crippen molar-refractivity contribution in [3.8, 4) is 0 Å². The lowest BCUT2D eigenvalue weighted by Crippen LogP contribution is -2.45. The molecule has 2 aliphatic heterocycles. The second kappa shape index (κ2) is 8.32. The van der Waals surface area contributed by atoms with E-state index in [9.17, 15) is 13.2 Å². The summed E-state index contributed by atoms with van der Waals surface area (Å²) in [7, 11) is -3.17. The summed E-state index contributed by atoms with van der Waals surface area (Å²) >= 11 is 1.62. The van der Waals surface area contributed by atoms with Crippen molar-refractivity contribution in [2.75, 3.05) is 25.4 Å². The molecule has 3 rings (SSSR count). The molecule has 1 atom stereocenters. The molecular formula is C19H27N3O3S2. The summed E-state index contributed by atoms with van der Waals surface area (Å²) in [5, 5.41) is 1.06. The second-order valence-electron chi connectivity index (χ2n) is 7.18.